The maximum atomic E-state index is 11.9. The molecule has 92 valence electrons. The lowest BCUT2D eigenvalue weighted by molar-refractivity contribution is 0.102. The smallest absolute Gasteiger partial charge is 0.256 e. The SMILES string of the molecule is CS(=O)c1ccc(C(=O)Nc2ccccn2)cc1. The molecule has 0 radical (unpaired) electrons. The van der Waals surface area contributed by atoms with Gasteiger partial charge >= 0.3 is 0 Å². The van der Waals surface area contributed by atoms with Crippen LogP contribution in [-0.2, 0) is 10.8 Å². The van der Waals surface area contributed by atoms with E-state index in [4.69, 9.17) is 0 Å². The van der Waals surface area contributed by atoms with Gasteiger partial charge in [-0.15, -0.1) is 0 Å². The Balaban J connectivity index is 2.12. The van der Waals surface area contributed by atoms with Gasteiger partial charge in [-0.2, -0.15) is 0 Å². The highest BCUT2D eigenvalue weighted by atomic mass is 32.2. The summed E-state index contributed by atoms with van der Waals surface area (Å²) in [5.74, 6) is 0.271. The third-order valence-electron chi connectivity index (χ3n) is 2.35. The Labute approximate surface area is 108 Å². The topological polar surface area (TPSA) is 59.1 Å². The zero-order valence-electron chi connectivity index (χ0n) is 9.79. The second kappa shape index (κ2) is 5.55. The van der Waals surface area contributed by atoms with Gasteiger partial charge in [0.2, 0.25) is 0 Å². The number of pyridine rings is 1. The maximum Gasteiger partial charge on any atom is 0.256 e. The first-order valence-corrected chi connectivity index (χ1v) is 6.88. The van der Waals surface area contributed by atoms with Gasteiger partial charge in [0.25, 0.3) is 5.91 Å². The molecule has 0 aliphatic rings. The largest absolute Gasteiger partial charge is 0.307 e. The van der Waals surface area contributed by atoms with E-state index in [-0.39, 0.29) is 5.91 Å². The van der Waals surface area contributed by atoms with Crippen molar-refractivity contribution in [1.29, 1.82) is 0 Å². The summed E-state index contributed by atoms with van der Waals surface area (Å²) in [6, 6.07) is 12.0. The number of aromatic nitrogens is 1. The minimum absolute atomic E-state index is 0.234. The summed E-state index contributed by atoms with van der Waals surface area (Å²) in [5.41, 5.74) is 0.509. The van der Waals surface area contributed by atoms with Crippen molar-refractivity contribution in [2.45, 2.75) is 4.90 Å². The second-order valence-corrected chi connectivity index (χ2v) is 5.03. The molecule has 0 bridgehead atoms. The van der Waals surface area contributed by atoms with Crippen LogP contribution in [-0.4, -0.2) is 21.4 Å². The summed E-state index contributed by atoms with van der Waals surface area (Å²) in [6.07, 6.45) is 3.21. The van der Waals surface area contributed by atoms with Crippen LogP contribution in [0.3, 0.4) is 0 Å². The molecular formula is C13H12N2O2S. The lowest BCUT2D eigenvalue weighted by Crippen LogP contribution is -2.12. The first kappa shape index (κ1) is 12.4. The van der Waals surface area contributed by atoms with Gasteiger partial charge in [-0.25, -0.2) is 4.98 Å². The Kier molecular flexibility index (Phi) is 3.84. The first-order chi connectivity index (χ1) is 8.66. The molecule has 1 N–H and O–H groups in total. The van der Waals surface area contributed by atoms with Crippen LogP contribution in [0.15, 0.2) is 53.6 Å². The van der Waals surface area contributed by atoms with Crippen molar-refractivity contribution < 1.29 is 9.00 Å². The molecule has 5 heteroatoms. The predicted molar refractivity (Wildman–Crippen MR) is 71.0 cm³/mol. The van der Waals surface area contributed by atoms with Gasteiger partial charge in [0, 0.05) is 33.7 Å². The van der Waals surface area contributed by atoms with Gasteiger partial charge in [-0.05, 0) is 36.4 Å². The van der Waals surface area contributed by atoms with Crippen molar-refractivity contribution >= 4 is 22.5 Å². The van der Waals surface area contributed by atoms with E-state index in [1.165, 1.54) is 0 Å². The molecule has 18 heavy (non-hydrogen) atoms. The molecule has 1 aromatic heterocycles. The van der Waals surface area contributed by atoms with Crippen molar-refractivity contribution in [3.63, 3.8) is 0 Å². The van der Waals surface area contributed by atoms with E-state index in [2.05, 4.69) is 10.3 Å². The number of hydrogen-bond donors (Lipinski definition) is 1. The van der Waals surface area contributed by atoms with E-state index >= 15 is 0 Å². The molecule has 1 heterocycles. The van der Waals surface area contributed by atoms with E-state index in [9.17, 15) is 9.00 Å². The minimum Gasteiger partial charge on any atom is -0.307 e. The summed E-state index contributed by atoms with van der Waals surface area (Å²) in [6.45, 7) is 0. The Morgan fingerprint density at radius 1 is 1.17 bits per heavy atom. The summed E-state index contributed by atoms with van der Waals surface area (Å²) < 4.78 is 11.2. The van der Waals surface area contributed by atoms with Gasteiger partial charge < -0.3 is 5.32 Å². The summed E-state index contributed by atoms with van der Waals surface area (Å²) in [5, 5.41) is 2.68. The zero-order chi connectivity index (χ0) is 13.0. The number of benzene rings is 1. The molecule has 0 fully saturated rings. The van der Waals surface area contributed by atoms with Crippen molar-refractivity contribution in [3.8, 4) is 0 Å². The maximum absolute atomic E-state index is 11.9. The number of nitrogens with zero attached hydrogens (tertiary/aromatic N) is 1. The standard InChI is InChI=1S/C13H12N2O2S/c1-18(17)11-7-5-10(6-8-11)13(16)15-12-4-2-3-9-14-12/h2-9H,1H3,(H,14,15,16). The lowest BCUT2D eigenvalue weighted by Gasteiger charge is -2.04. The van der Waals surface area contributed by atoms with Crippen LogP contribution < -0.4 is 5.32 Å². The molecule has 0 saturated heterocycles. The van der Waals surface area contributed by atoms with Gasteiger partial charge in [0.05, 0.1) is 0 Å². The van der Waals surface area contributed by atoms with Gasteiger partial charge in [-0.3, -0.25) is 9.00 Å². The van der Waals surface area contributed by atoms with Crippen molar-refractivity contribution in [2.24, 2.45) is 0 Å². The van der Waals surface area contributed by atoms with Crippen molar-refractivity contribution in [1.82, 2.24) is 4.98 Å². The highest BCUT2D eigenvalue weighted by Gasteiger charge is 2.06. The van der Waals surface area contributed by atoms with Crippen LogP contribution in [0.4, 0.5) is 5.82 Å². The fraction of sp³-hybridized carbons (Fsp3) is 0.0769. The van der Waals surface area contributed by atoms with Crippen molar-refractivity contribution in [3.05, 3.63) is 54.2 Å². The molecule has 2 rings (SSSR count). The number of carbonyl (C=O) groups is 1. The third kappa shape index (κ3) is 3.01. The Hall–Kier alpha value is -2.01. The second-order valence-electron chi connectivity index (χ2n) is 3.65. The monoisotopic (exact) mass is 260 g/mol. The van der Waals surface area contributed by atoms with Gasteiger partial charge in [-0.1, -0.05) is 6.07 Å². The quantitative estimate of drug-likeness (QED) is 0.919. The van der Waals surface area contributed by atoms with Crippen LogP contribution in [0.25, 0.3) is 0 Å². The first-order valence-electron chi connectivity index (χ1n) is 5.33. The highest BCUT2D eigenvalue weighted by molar-refractivity contribution is 7.84. The number of amides is 1. The molecule has 0 aliphatic heterocycles. The predicted octanol–water partition coefficient (Wildman–Crippen LogP) is 2.07. The molecule has 1 unspecified atom stereocenters. The average Bonchev–Trinajstić information content (AvgIpc) is 2.40. The number of rotatable bonds is 3. The van der Waals surface area contributed by atoms with E-state index in [1.54, 1.807) is 54.9 Å². The molecule has 0 spiro atoms. The molecule has 1 atom stereocenters. The Morgan fingerprint density at radius 2 is 1.89 bits per heavy atom. The van der Waals surface area contributed by atoms with Crippen LogP contribution in [0.1, 0.15) is 10.4 Å². The number of carbonyl (C=O) groups excluding carboxylic acids is 1. The normalized spacial score (nSPS) is 11.8. The zero-order valence-corrected chi connectivity index (χ0v) is 10.6. The third-order valence-corrected chi connectivity index (χ3v) is 3.29. The Morgan fingerprint density at radius 3 is 2.44 bits per heavy atom. The molecule has 1 amide bonds. The van der Waals surface area contributed by atoms with E-state index in [0.29, 0.717) is 16.3 Å². The van der Waals surface area contributed by atoms with E-state index < -0.39 is 10.8 Å². The van der Waals surface area contributed by atoms with Crippen LogP contribution in [0, 0.1) is 0 Å². The van der Waals surface area contributed by atoms with Crippen LogP contribution in [0.5, 0.6) is 0 Å². The number of nitrogens with one attached hydrogen (secondary N) is 1. The fourth-order valence-electron chi connectivity index (χ4n) is 1.42. The van der Waals surface area contributed by atoms with E-state index in [0.717, 1.165) is 0 Å². The highest BCUT2D eigenvalue weighted by Crippen LogP contribution is 2.09. The fourth-order valence-corrected chi connectivity index (χ4v) is 1.94. The molecule has 4 nitrogen and oxygen atoms in total. The van der Waals surface area contributed by atoms with Crippen molar-refractivity contribution in [2.75, 3.05) is 11.6 Å². The summed E-state index contributed by atoms with van der Waals surface area (Å²) in [4.78, 5) is 16.6. The molecule has 0 saturated carbocycles. The average molecular weight is 260 g/mol. The van der Waals surface area contributed by atoms with Crippen LogP contribution in [0.2, 0.25) is 0 Å². The Bertz CT molecular complexity index is 567. The summed E-state index contributed by atoms with van der Waals surface area (Å²) >= 11 is 0. The molecule has 0 aliphatic carbocycles. The number of hydrogen-bond acceptors (Lipinski definition) is 3. The minimum atomic E-state index is -1.03. The molecule has 2 aromatic rings. The van der Waals surface area contributed by atoms with Crippen LogP contribution >= 0.6 is 0 Å². The molecule has 1 aromatic carbocycles. The number of anilines is 1. The lowest BCUT2D eigenvalue weighted by atomic mass is 10.2. The van der Waals surface area contributed by atoms with E-state index in [1.807, 2.05) is 0 Å². The van der Waals surface area contributed by atoms with Gasteiger partial charge in [0.15, 0.2) is 0 Å². The summed E-state index contributed by atoms with van der Waals surface area (Å²) in [7, 11) is -1.03. The van der Waals surface area contributed by atoms with Gasteiger partial charge in [0.1, 0.15) is 5.82 Å². The molecular weight excluding hydrogens is 248 g/mol.